The van der Waals surface area contributed by atoms with Crippen molar-refractivity contribution in [2.75, 3.05) is 26.9 Å². The largest absolute Gasteiger partial charge is 0.497 e. The number of amides is 2. The summed E-state index contributed by atoms with van der Waals surface area (Å²) in [6, 6.07) is 9.75. The van der Waals surface area contributed by atoms with Crippen molar-refractivity contribution < 1.29 is 19.1 Å². The van der Waals surface area contributed by atoms with Crippen LogP contribution in [0.3, 0.4) is 0 Å². The van der Waals surface area contributed by atoms with Gasteiger partial charge in [0.2, 0.25) is 5.91 Å². The van der Waals surface area contributed by atoms with E-state index in [1.807, 2.05) is 52.8 Å². The molecule has 2 aromatic rings. The summed E-state index contributed by atoms with van der Waals surface area (Å²) >= 11 is 0. The number of primary amides is 1. The standard InChI is InChI=1S/C21H25N2O4P.2C2H6/c1-4-19(24)23-5-6-27-20-15(12-23)7-13(10-18(20)21(22)25)14-8-16(26-2)11-17(9-14)28-3;2*1-2/h7-11,28H,4-6,12H2,1-3H3,(H2,22,25);2*1-2H3. The molecular weight excluding hydrogens is 423 g/mol. The van der Waals surface area contributed by atoms with Crippen molar-refractivity contribution in [3.63, 3.8) is 0 Å². The number of nitrogens with two attached hydrogens (primary N) is 1. The minimum absolute atomic E-state index is 0.0540. The Morgan fingerprint density at radius 3 is 2.31 bits per heavy atom. The summed E-state index contributed by atoms with van der Waals surface area (Å²) in [5, 5.41) is 1.16. The SMILES string of the molecule is CC.CC.CCC(=O)N1CCOc2c(cc(-c3cc(OC)cc(PC)c3)cc2C(N)=O)C1. The molecule has 1 heterocycles. The Morgan fingerprint density at radius 1 is 1.09 bits per heavy atom. The summed E-state index contributed by atoms with van der Waals surface area (Å²) in [5.41, 5.74) is 8.55. The average molecular weight is 461 g/mol. The Bertz CT molecular complexity index is 893. The lowest BCUT2D eigenvalue weighted by atomic mass is 9.97. The van der Waals surface area contributed by atoms with Crippen LogP contribution in [0.5, 0.6) is 11.5 Å². The first-order chi connectivity index (χ1) is 15.5. The van der Waals surface area contributed by atoms with E-state index in [9.17, 15) is 9.59 Å². The highest BCUT2D eigenvalue weighted by atomic mass is 31.1. The molecule has 0 spiro atoms. The number of hydrogen-bond acceptors (Lipinski definition) is 4. The molecule has 0 saturated carbocycles. The van der Waals surface area contributed by atoms with E-state index in [2.05, 4.69) is 12.7 Å². The van der Waals surface area contributed by atoms with Gasteiger partial charge in [0.15, 0.2) is 0 Å². The molecule has 1 unspecified atom stereocenters. The zero-order valence-electron chi connectivity index (χ0n) is 20.4. The van der Waals surface area contributed by atoms with Gasteiger partial charge in [-0.15, -0.1) is 0 Å². The van der Waals surface area contributed by atoms with Gasteiger partial charge in [-0.05, 0) is 53.4 Å². The third kappa shape index (κ3) is 6.70. The second kappa shape index (κ2) is 13.7. The van der Waals surface area contributed by atoms with Crippen LogP contribution in [-0.2, 0) is 11.3 Å². The average Bonchev–Trinajstić information content (AvgIpc) is 3.07. The zero-order valence-corrected chi connectivity index (χ0v) is 21.4. The van der Waals surface area contributed by atoms with Gasteiger partial charge in [-0.3, -0.25) is 9.59 Å². The third-order valence-corrected chi connectivity index (χ3v) is 5.69. The maximum atomic E-state index is 12.2. The lowest BCUT2D eigenvalue weighted by Crippen LogP contribution is -2.31. The summed E-state index contributed by atoms with van der Waals surface area (Å²) in [7, 11) is 2.25. The van der Waals surface area contributed by atoms with Crippen LogP contribution in [0.1, 0.15) is 57.0 Å². The molecule has 3 rings (SSSR count). The monoisotopic (exact) mass is 460 g/mol. The van der Waals surface area contributed by atoms with Crippen LogP contribution >= 0.6 is 8.58 Å². The van der Waals surface area contributed by atoms with Gasteiger partial charge in [-0.1, -0.05) is 43.2 Å². The molecule has 0 saturated heterocycles. The zero-order chi connectivity index (χ0) is 24.3. The van der Waals surface area contributed by atoms with Crippen LogP contribution in [0.15, 0.2) is 30.3 Å². The van der Waals surface area contributed by atoms with Crippen molar-refractivity contribution in [1.29, 1.82) is 0 Å². The molecule has 0 aromatic heterocycles. The Hall–Kier alpha value is -2.59. The summed E-state index contributed by atoms with van der Waals surface area (Å²) < 4.78 is 11.3. The molecule has 6 nitrogen and oxygen atoms in total. The molecule has 2 aromatic carbocycles. The van der Waals surface area contributed by atoms with Crippen molar-refractivity contribution in [1.82, 2.24) is 4.90 Å². The van der Waals surface area contributed by atoms with E-state index in [0.29, 0.717) is 46.0 Å². The molecule has 7 heteroatoms. The maximum absolute atomic E-state index is 12.2. The highest BCUT2D eigenvalue weighted by Gasteiger charge is 2.24. The second-order valence-corrected chi connectivity index (χ2v) is 7.67. The van der Waals surface area contributed by atoms with Gasteiger partial charge in [-0.2, -0.15) is 0 Å². The first-order valence-electron chi connectivity index (χ1n) is 11.2. The number of benzene rings is 2. The molecule has 1 atom stereocenters. The first-order valence-corrected chi connectivity index (χ1v) is 12.7. The molecule has 1 aliphatic rings. The molecule has 0 fully saturated rings. The van der Waals surface area contributed by atoms with E-state index >= 15 is 0 Å². The third-order valence-electron chi connectivity index (χ3n) is 4.82. The smallest absolute Gasteiger partial charge is 0.252 e. The van der Waals surface area contributed by atoms with Gasteiger partial charge in [0.25, 0.3) is 5.91 Å². The summed E-state index contributed by atoms with van der Waals surface area (Å²) in [4.78, 5) is 26.1. The van der Waals surface area contributed by atoms with Crippen molar-refractivity contribution in [3.05, 3.63) is 41.5 Å². The number of ether oxygens (including phenoxy) is 2. The molecule has 32 heavy (non-hydrogen) atoms. The summed E-state index contributed by atoms with van der Waals surface area (Å²) in [5.74, 6) is 0.742. The van der Waals surface area contributed by atoms with Gasteiger partial charge < -0.3 is 20.1 Å². The summed E-state index contributed by atoms with van der Waals surface area (Å²) in [6.45, 7) is 13.1. The Labute approximate surface area is 194 Å². The van der Waals surface area contributed by atoms with Crippen molar-refractivity contribution >= 4 is 25.7 Å². The van der Waals surface area contributed by atoms with Crippen molar-refractivity contribution in [2.24, 2.45) is 5.73 Å². The van der Waals surface area contributed by atoms with Gasteiger partial charge >= 0.3 is 0 Å². The van der Waals surface area contributed by atoms with Crippen molar-refractivity contribution in [3.8, 4) is 22.6 Å². The predicted molar refractivity (Wildman–Crippen MR) is 135 cm³/mol. The molecule has 176 valence electrons. The van der Waals surface area contributed by atoms with Crippen LogP contribution < -0.4 is 20.5 Å². The molecule has 1 aliphatic heterocycles. The van der Waals surface area contributed by atoms with Gasteiger partial charge in [-0.25, -0.2) is 0 Å². The fraction of sp³-hybridized carbons (Fsp3) is 0.440. The Morgan fingerprint density at radius 2 is 1.75 bits per heavy atom. The van der Waals surface area contributed by atoms with Gasteiger partial charge in [0.1, 0.15) is 18.1 Å². The number of rotatable bonds is 5. The molecule has 2 N–H and O–H groups in total. The second-order valence-electron chi connectivity index (χ2n) is 6.59. The number of methoxy groups -OCH3 is 1. The number of fused-ring (bicyclic) bond motifs is 1. The minimum Gasteiger partial charge on any atom is -0.497 e. The molecule has 0 radical (unpaired) electrons. The normalized spacial score (nSPS) is 12.4. The molecule has 0 aliphatic carbocycles. The van der Waals surface area contributed by atoms with Gasteiger partial charge in [0.05, 0.1) is 19.2 Å². The highest BCUT2D eigenvalue weighted by molar-refractivity contribution is 7.46. The Balaban J connectivity index is 0.00000121. The number of hydrogen-bond donors (Lipinski definition) is 1. The van der Waals surface area contributed by atoms with Crippen LogP contribution in [0.4, 0.5) is 0 Å². The molecular formula is C25H37N2O4P. The van der Waals surface area contributed by atoms with Gasteiger partial charge in [0, 0.05) is 18.5 Å². The Kier molecular flexibility index (Phi) is 11.8. The van der Waals surface area contributed by atoms with Crippen molar-refractivity contribution in [2.45, 2.75) is 47.6 Å². The van der Waals surface area contributed by atoms with E-state index in [4.69, 9.17) is 15.2 Å². The van der Waals surface area contributed by atoms with E-state index < -0.39 is 5.91 Å². The summed E-state index contributed by atoms with van der Waals surface area (Å²) in [6.07, 6.45) is 0.425. The van der Waals surface area contributed by atoms with E-state index in [0.717, 1.165) is 27.7 Å². The maximum Gasteiger partial charge on any atom is 0.252 e. The first kappa shape index (κ1) is 27.4. The highest BCUT2D eigenvalue weighted by Crippen LogP contribution is 2.34. The van der Waals surface area contributed by atoms with Crippen LogP contribution in [0, 0.1) is 0 Å². The molecule has 2 amide bonds. The number of carbonyl (C=O) groups excluding carboxylic acids is 2. The minimum atomic E-state index is -0.547. The quantitative estimate of drug-likeness (QED) is 0.663. The van der Waals surface area contributed by atoms with E-state index in [1.165, 1.54) is 0 Å². The fourth-order valence-corrected chi connectivity index (χ4v) is 3.92. The lowest BCUT2D eigenvalue weighted by Gasteiger charge is -2.19. The van der Waals surface area contributed by atoms with Crippen LogP contribution in [0.2, 0.25) is 0 Å². The fourth-order valence-electron chi connectivity index (χ4n) is 3.33. The van der Waals surface area contributed by atoms with Crippen LogP contribution in [0.25, 0.3) is 11.1 Å². The lowest BCUT2D eigenvalue weighted by molar-refractivity contribution is -0.131. The predicted octanol–water partition coefficient (Wildman–Crippen LogP) is 4.58. The van der Waals surface area contributed by atoms with E-state index in [-0.39, 0.29) is 5.91 Å². The van der Waals surface area contributed by atoms with E-state index in [1.54, 1.807) is 18.1 Å². The topological polar surface area (TPSA) is 81.9 Å². The molecule has 0 bridgehead atoms. The van der Waals surface area contributed by atoms with Crippen LogP contribution in [-0.4, -0.2) is 43.6 Å². The number of nitrogens with zero attached hydrogens (tertiary/aromatic N) is 1. The number of carbonyl (C=O) groups is 2.